The fourth-order valence-electron chi connectivity index (χ4n) is 1.76. The Kier molecular flexibility index (Phi) is 5.35. The van der Waals surface area contributed by atoms with Gasteiger partial charge in [0, 0.05) is 11.7 Å². The summed E-state index contributed by atoms with van der Waals surface area (Å²) in [5.41, 5.74) is 1.44. The van der Waals surface area contributed by atoms with Gasteiger partial charge in [-0.2, -0.15) is 0 Å². The molecule has 0 aliphatic rings. The number of amides is 1. The third kappa shape index (κ3) is 4.30. The van der Waals surface area contributed by atoms with Gasteiger partial charge in [0.1, 0.15) is 6.33 Å². The van der Waals surface area contributed by atoms with Crippen molar-refractivity contribution in [2.45, 2.75) is 31.7 Å². The molecule has 0 fully saturated rings. The van der Waals surface area contributed by atoms with Gasteiger partial charge >= 0.3 is 0 Å². The van der Waals surface area contributed by atoms with E-state index in [2.05, 4.69) is 15.5 Å². The van der Waals surface area contributed by atoms with Gasteiger partial charge in [-0.1, -0.05) is 23.9 Å². The van der Waals surface area contributed by atoms with Crippen LogP contribution >= 0.6 is 11.8 Å². The highest BCUT2D eigenvalue weighted by atomic mass is 32.2. The summed E-state index contributed by atoms with van der Waals surface area (Å²) in [5, 5.41) is 20.5. The molecule has 0 aliphatic heterocycles. The van der Waals surface area contributed by atoms with E-state index >= 15 is 0 Å². The minimum absolute atomic E-state index is 0.0457. The van der Waals surface area contributed by atoms with Crippen molar-refractivity contribution >= 4 is 23.4 Å². The lowest BCUT2D eigenvalue weighted by Crippen LogP contribution is -2.15. The average Bonchev–Trinajstić information content (AvgIpc) is 2.94. The molecule has 0 aliphatic carbocycles. The molecular weight excluding hydrogens is 288 g/mol. The molecule has 1 amide bonds. The zero-order chi connectivity index (χ0) is 15.2. The van der Waals surface area contributed by atoms with Gasteiger partial charge in [-0.15, -0.1) is 10.2 Å². The minimum Gasteiger partial charge on any atom is -0.392 e. The van der Waals surface area contributed by atoms with Crippen LogP contribution in [0.2, 0.25) is 0 Å². The number of nitrogens with one attached hydrogen (secondary N) is 1. The number of aromatic nitrogens is 3. The summed E-state index contributed by atoms with van der Waals surface area (Å²) >= 11 is 1.35. The molecule has 6 nitrogen and oxygen atoms in total. The molecule has 1 aromatic heterocycles. The summed E-state index contributed by atoms with van der Waals surface area (Å²) in [5.74, 6) is 0.141. The Hall–Kier alpha value is -1.86. The fourth-order valence-corrected chi connectivity index (χ4v) is 2.61. The first-order valence-electron chi connectivity index (χ1n) is 6.62. The molecule has 21 heavy (non-hydrogen) atoms. The van der Waals surface area contributed by atoms with Crippen molar-refractivity contribution in [3.8, 4) is 0 Å². The number of hydrogen-bond donors (Lipinski definition) is 2. The maximum Gasteiger partial charge on any atom is 0.234 e. The molecule has 0 saturated heterocycles. The lowest BCUT2D eigenvalue weighted by atomic mass is 10.2. The summed E-state index contributed by atoms with van der Waals surface area (Å²) in [6.45, 7) is 4.03. The first-order chi connectivity index (χ1) is 10.1. The Morgan fingerprint density at radius 3 is 3.00 bits per heavy atom. The minimum atomic E-state index is -0.117. The molecule has 0 radical (unpaired) electrons. The number of carbonyl (C=O) groups is 1. The first-order valence-corrected chi connectivity index (χ1v) is 7.60. The van der Waals surface area contributed by atoms with Crippen LogP contribution < -0.4 is 5.32 Å². The van der Waals surface area contributed by atoms with E-state index in [1.54, 1.807) is 30.6 Å². The quantitative estimate of drug-likeness (QED) is 0.799. The molecule has 2 rings (SSSR count). The third-order valence-electron chi connectivity index (χ3n) is 2.82. The Labute approximate surface area is 127 Å². The van der Waals surface area contributed by atoms with Crippen LogP contribution in [0, 0.1) is 0 Å². The summed E-state index contributed by atoms with van der Waals surface area (Å²) in [6.07, 6.45) is 1.66. The van der Waals surface area contributed by atoms with E-state index in [0.717, 1.165) is 10.7 Å². The first kappa shape index (κ1) is 15.5. The van der Waals surface area contributed by atoms with E-state index in [-0.39, 0.29) is 24.3 Å². The van der Waals surface area contributed by atoms with E-state index < -0.39 is 0 Å². The smallest absolute Gasteiger partial charge is 0.234 e. The monoisotopic (exact) mass is 306 g/mol. The highest BCUT2D eigenvalue weighted by Crippen LogP contribution is 2.19. The van der Waals surface area contributed by atoms with Crippen molar-refractivity contribution in [1.29, 1.82) is 0 Å². The molecule has 0 unspecified atom stereocenters. The summed E-state index contributed by atoms with van der Waals surface area (Å²) in [7, 11) is 0. The average molecular weight is 306 g/mol. The van der Waals surface area contributed by atoms with Gasteiger partial charge in [-0.25, -0.2) is 0 Å². The van der Waals surface area contributed by atoms with Crippen molar-refractivity contribution in [1.82, 2.24) is 14.8 Å². The number of nitrogens with zero attached hydrogens (tertiary/aromatic N) is 3. The summed E-state index contributed by atoms with van der Waals surface area (Å²) < 4.78 is 1.92. The molecular formula is C14H18N4O2S. The number of aliphatic hydroxyl groups is 1. The van der Waals surface area contributed by atoms with E-state index in [0.29, 0.717) is 5.69 Å². The van der Waals surface area contributed by atoms with Gasteiger partial charge in [-0.05, 0) is 31.5 Å². The van der Waals surface area contributed by atoms with Gasteiger partial charge in [0.2, 0.25) is 5.91 Å². The van der Waals surface area contributed by atoms with Crippen LogP contribution in [-0.4, -0.2) is 31.5 Å². The molecule has 2 aromatic rings. The Balaban J connectivity index is 1.91. The Morgan fingerprint density at radius 2 is 2.29 bits per heavy atom. The van der Waals surface area contributed by atoms with Gasteiger partial charge in [0.05, 0.1) is 12.4 Å². The fraction of sp³-hybridized carbons (Fsp3) is 0.357. The van der Waals surface area contributed by atoms with Crippen molar-refractivity contribution in [3.05, 3.63) is 36.2 Å². The summed E-state index contributed by atoms with van der Waals surface area (Å²) in [4.78, 5) is 11.9. The Morgan fingerprint density at radius 1 is 1.48 bits per heavy atom. The second-order valence-corrected chi connectivity index (χ2v) is 5.75. The highest BCUT2D eigenvalue weighted by molar-refractivity contribution is 7.99. The SMILES string of the molecule is CC(C)n1cnnc1SCC(=O)Nc1cccc(CO)c1. The van der Waals surface area contributed by atoms with Gasteiger partial charge < -0.3 is 15.0 Å². The predicted molar refractivity (Wildman–Crippen MR) is 82.1 cm³/mol. The molecule has 2 N–H and O–H groups in total. The number of rotatable bonds is 6. The van der Waals surface area contributed by atoms with Gasteiger partial charge in [0.15, 0.2) is 5.16 Å². The largest absolute Gasteiger partial charge is 0.392 e. The van der Waals surface area contributed by atoms with Crippen LogP contribution in [0.15, 0.2) is 35.7 Å². The molecule has 1 aromatic carbocycles. The van der Waals surface area contributed by atoms with Crippen molar-refractivity contribution in [3.63, 3.8) is 0 Å². The van der Waals surface area contributed by atoms with Crippen LogP contribution in [0.5, 0.6) is 0 Å². The van der Waals surface area contributed by atoms with Crippen LogP contribution in [0.3, 0.4) is 0 Å². The van der Waals surface area contributed by atoms with Gasteiger partial charge in [-0.3, -0.25) is 4.79 Å². The maximum atomic E-state index is 11.9. The maximum absolute atomic E-state index is 11.9. The zero-order valence-corrected chi connectivity index (χ0v) is 12.8. The molecule has 0 atom stereocenters. The van der Waals surface area contributed by atoms with Crippen molar-refractivity contribution in [2.24, 2.45) is 0 Å². The second-order valence-electron chi connectivity index (χ2n) is 4.81. The van der Waals surface area contributed by atoms with E-state index in [1.807, 2.05) is 18.4 Å². The third-order valence-corrected chi connectivity index (χ3v) is 3.78. The number of thioether (sulfide) groups is 1. The van der Waals surface area contributed by atoms with E-state index in [4.69, 9.17) is 5.11 Å². The van der Waals surface area contributed by atoms with E-state index in [1.165, 1.54) is 11.8 Å². The number of benzene rings is 1. The number of aliphatic hydroxyl groups excluding tert-OH is 1. The molecule has 0 saturated carbocycles. The normalized spacial score (nSPS) is 10.9. The van der Waals surface area contributed by atoms with Gasteiger partial charge in [0.25, 0.3) is 0 Å². The summed E-state index contributed by atoms with van der Waals surface area (Å²) in [6, 6.07) is 7.39. The number of anilines is 1. The van der Waals surface area contributed by atoms with Crippen LogP contribution in [-0.2, 0) is 11.4 Å². The lowest BCUT2D eigenvalue weighted by molar-refractivity contribution is -0.113. The van der Waals surface area contributed by atoms with Crippen molar-refractivity contribution < 1.29 is 9.90 Å². The highest BCUT2D eigenvalue weighted by Gasteiger charge is 2.10. The molecule has 0 bridgehead atoms. The standard InChI is InChI=1S/C14H18N4O2S/c1-10(2)18-9-15-17-14(18)21-8-13(20)16-12-5-3-4-11(6-12)7-19/h3-6,9-10,19H,7-8H2,1-2H3,(H,16,20). The van der Waals surface area contributed by atoms with Crippen LogP contribution in [0.4, 0.5) is 5.69 Å². The molecule has 0 spiro atoms. The van der Waals surface area contributed by atoms with Crippen molar-refractivity contribution in [2.75, 3.05) is 11.1 Å². The van der Waals surface area contributed by atoms with E-state index in [9.17, 15) is 4.79 Å². The number of hydrogen-bond acceptors (Lipinski definition) is 5. The predicted octanol–water partition coefficient (Wildman–Crippen LogP) is 2.08. The Bertz CT molecular complexity index is 613. The second kappa shape index (κ2) is 7.24. The molecule has 1 heterocycles. The number of carbonyl (C=O) groups excluding carboxylic acids is 1. The molecule has 112 valence electrons. The van der Waals surface area contributed by atoms with Crippen LogP contribution in [0.1, 0.15) is 25.5 Å². The molecule has 7 heteroatoms. The van der Waals surface area contributed by atoms with Crippen LogP contribution in [0.25, 0.3) is 0 Å². The topological polar surface area (TPSA) is 80.0 Å². The lowest BCUT2D eigenvalue weighted by Gasteiger charge is -2.09. The zero-order valence-electron chi connectivity index (χ0n) is 12.0.